The molecule has 0 saturated carbocycles. The maximum absolute atomic E-state index is 12.3. The first kappa shape index (κ1) is 23.3. The summed E-state index contributed by atoms with van der Waals surface area (Å²) in [5.74, 6) is -0.639. The number of carbonyl (C=O) groups is 3. The molecule has 33 heavy (non-hydrogen) atoms. The quantitative estimate of drug-likeness (QED) is 0.392. The summed E-state index contributed by atoms with van der Waals surface area (Å²) in [5.41, 5.74) is 2.74. The fourth-order valence-electron chi connectivity index (χ4n) is 2.85. The predicted octanol–water partition coefficient (Wildman–Crippen LogP) is 4.58. The van der Waals surface area contributed by atoms with E-state index in [9.17, 15) is 14.4 Å². The molecule has 0 atom stereocenters. The minimum absolute atomic E-state index is 0.229. The van der Waals surface area contributed by atoms with Crippen LogP contribution in [-0.2, 0) is 20.9 Å². The van der Waals surface area contributed by atoms with Crippen molar-refractivity contribution in [1.29, 1.82) is 0 Å². The summed E-state index contributed by atoms with van der Waals surface area (Å²) in [7, 11) is 1.30. The van der Waals surface area contributed by atoms with Gasteiger partial charge in [0.1, 0.15) is 12.4 Å². The topological polar surface area (TPSA) is 93.7 Å². The Morgan fingerprint density at radius 2 is 1.42 bits per heavy atom. The summed E-state index contributed by atoms with van der Waals surface area (Å²) >= 11 is 0. The number of rotatable bonds is 8. The van der Waals surface area contributed by atoms with Gasteiger partial charge in [-0.2, -0.15) is 0 Å². The maximum Gasteiger partial charge on any atom is 0.337 e. The smallest absolute Gasteiger partial charge is 0.337 e. The lowest BCUT2D eigenvalue weighted by Gasteiger charge is -2.08. The van der Waals surface area contributed by atoms with Crippen molar-refractivity contribution in [2.45, 2.75) is 13.5 Å². The highest BCUT2D eigenvalue weighted by Crippen LogP contribution is 2.17. The molecule has 0 radical (unpaired) electrons. The average Bonchev–Trinajstić information content (AvgIpc) is 2.84. The second-order valence-electron chi connectivity index (χ2n) is 7.14. The van der Waals surface area contributed by atoms with E-state index in [0.29, 0.717) is 29.3 Å². The van der Waals surface area contributed by atoms with Crippen LogP contribution in [0.15, 0.2) is 90.5 Å². The van der Waals surface area contributed by atoms with E-state index in [-0.39, 0.29) is 5.57 Å². The second kappa shape index (κ2) is 11.3. The zero-order valence-electron chi connectivity index (χ0n) is 18.3. The Labute approximate surface area is 192 Å². The average molecular weight is 444 g/mol. The van der Waals surface area contributed by atoms with Gasteiger partial charge in [-0.3, -0.25) is 9.59 Å². The Balaban J connectivity index is 1.51. The number of esters is 1. The van der Waals surface area contributed by atoms with Crippen LogP contribution in [0.4, 0.5) is 11.4 Å². The Hall–Kier alpha value is -4.39. The van der Waals surface area contributed by atoms with Crippen LogP contribution in [0.25, 0.3) is 0 Å². The van der Waals surface area contributed by atoms with Crippen molar-refractivity contribution in [3.05, 3.63) is 102 Å². The zero-order valence-corrected chi connectivity index (χ0v) is 18.3. The molecule has 0 unspecified atom stereocenters. The van der Waals surface area contributed by atoms with E-state index in [4.69, 9.17) is 4.74 Å². The number of ether oxygens (including phenoxy) is 2. The van der Waals surface area contributed by atoms with E-state index in [1.807, 2.05) is 30.3 Å². The summed E-state index contributed by atoms with van der Waals surface area (Å²) in [6, 6.07) is 23.0. The summed E-state index contributed by atoms with van der Waals surface area (Å²) in [4.78, 5) is 36.1. The normalized spacial score (nSPS) is 10.8. The summed E-state index contributed by atoms with van der Waals surface area (Å²) in [6.07, 6.45) is 1.22. The number of carbonyl (C=O) groups excluding carboxylic acids is 3. The van der Waals surface area contributed by atoms with Gasteiger partial charge in [0.25, 0.3) is 5.91 Å². The SMILES string of the molecule is COC(=O)c1ccc(NC(=O)/C(C)=C/C(=O)Nc2ccc(OCc3ccccc3)cc2)cc1. The number of hydrogen-bond donors (Lipinski definition) is 2. The standard InChI is InChI=1S/C26H24N2O5/c1-18(25(30)28-22-10-8-20(9-11-22)26(31)32-2)16-24(29)27-21-12-14-23(15-13-21)33-17-19-6-4-3-5-7-19/h3-16H,17H2,1-2H3,(H,27,29)(H,28,30)/b18-16+. The second-order valence-corrected chi connectivity index (χ2v) is 7.14. The molecule has 0 heterocycles. The monoisotopic (exact) mass is 444 g/mol. The number of amides is 2. The zero-order chi connectivity index (χ0) is 23.6. The molecule has 3 aromatic rings. The Morgan fingerprint density at radius 1 is 0.818 bits per heavy atom. The molecule has 0 aliphatic rings. The highest BCUT2D eigenvalue weighted by Gasteiger charge is 2.09. The van der Waals surface area contributed by atoms with Crippen molar-refractivity contribution in [2.24, 2.45) is 0 Å². The van der Waals surface area contributed by atoms with Crippen molar-refractivity contribution in [3.8, 4) is 5.75 Å². The van der Waals surface area contributed by atoms with Crippen molar-refractivity contribution in [1.82, 2.24) is 0 Å². The van der Waals surface area contributed by atoms with Crippen LogP contribution in [-0.4, -0.2) is 24.9 Å². The molecular formula is C26H24N2O5. The first-order valence-electron chi connectivity index (χ1n) is 10.2. The van der Waals surface area contributed by atoms with Gasteiger partial charge >= 0.3 is 5.97 Å². The molecule has 0 saturated heterocycles. The van der Waals surface area contributed by atoms with Crippen molar-refractivity contribution in [3.63, 3.8) is 0 Å². The Morgan fingerprint density at radius 3 is 2.06 bits per heavy atom. The minimum Gasteiger partial charge on any atom is -0.489 e. The van der Waals surface area contributed by atoms with Crippen LogP contribution >= 0.6 is 0 Å². The van der Waals surface area contributed by atoms with Crippen LogP contribution in [0, 0.1) is 0 Å². The summed E-state index contributed by atoms with van der Waals surface area (Å²) in [5, 5.41) is 5.39. The molecule has 7 nitrogen and oxygen atoms in total. The third-order valence-electron chi connectivity index (χ3n) is 4.64. The highest BCUT2D eigenvalue weighted by atomic mass is 16.5. The van der Waals surface area contributed by atoms with Crippen LogP contribution in [0.3, 0.4) is 0 Å². The third-order valence-corrected chi connectivity index (χ3v) is 4.64. The Kier molecular flexibility index (Phi) is 7.96. The van der Waals surface area contributed by atoms with Gasteiger partial charge < -0.3 is 20.1 Å². The Bertz CT molecular complexity index is 1140. The molecule has 3 aromatic carbocycles. The molecule has 7 heteroatoms. The van der Waals surface area contributed by atoms with E-state index in [0.717, 1.165) is 5.56 Å². The molecule has 0 bridgehead atoms. The van der Waals surface area contributed by atoms with Gasteiger partial charge in [-0.25, -0.2) is 4.79 Å². The van der Waals surface area contributed by atoms with Crippen LogP contribution in [0.1, 0.15) is 22.8 Å². The molecule has 3 rings (SSSR count). The maximum atomic E-state index is 12.3. The molecule has 0 aromatic heterocycles. The third kappa shape index (κ3) is 7.07. The largest absolute Gasteiger partial charge is 0.489 e. The first-order chi connectivity index (χ1) is 15.9. The molecular weight excluding hydrogens is 420 g/mol. The molecule has 0 aliphatic heterocycles. The number of hydrogen-bond acceptors (Lipinski definition) is 5. The molecule has 168 valence electrons. The first-order valence-corrected chi connectivity index (χ1v) is 10.2. The van der Waals surface area contributed by atoms with E-state index < -0.39 is 17.8 Å². The lowest BCUT2D eigenvalue weighted by Crippen LogP contribution is -2.16. The molecule has 2 amide bonds. The lowest BCUT2D eigenvalue weighted by molar-refractivity contribution is -0.114. The van der Waals surface area contributed by atoms with Crippen LogP contribution < -0.4 is 15.4 Å². The molecule has 0 fully saturated rings. The van der Waals surface area contributed by atoms with Gasteiger partial charge in [0.05, 0.1) is 12.7 Å². The minimum atomic E-state index is -0.462. The number of methoxy groups -OCH3 is 1. The van der Waals surface area contributed by atoms with Gasteiger partial charge in [-0.05, 0) is 61.0 Å². The van der Waals surface area contributed by atoms with Crippen LogP contribution in [0.2, 0.25) is 0 Å². The van der Waals surface area contributed by atoms with Gasteiger partial charge in [-0.15, -0.1) is 0 Å². The molecule has 0 aliphatic carbocycles. The van der Waals surface area contributed by atoms with Crippen molar-refractivity contribution in [2.75, 3.05) is 17.7 Å². The van der Waals surface area contributed by atoms with Gasteiger partial charge in [0.15, 0.2) is 0 Å². The summed E-state index contributed by atoms with van der Waals surface area (Å²) in [6.45, 7) is 1.99. The van der Waals surface area contributed by atoms with Crippen LogP contribution in [0.5, 0.6) is 5.75 Å². The number of benzene rings is 3. The van der Waals surface area contributed by atoms with Gasteiger partial charge in [0, 0.05) is 23.0 Å². The van der Waals surface area contributed by atoms with Gasteiger partial charge in [0.2, 0.25) is 5.91 Å². The lowest BCUT2D eigenvalue weighted by atomic mass is 10.2. The van der Waals surface area contributed by atoms with Gasteiger partial charge in [-0.1, -0.05) is 30.3 Å². The molecule has 0 spiro atoms. The number of anilines is 2. The van der Waals surface area contributed by atoms with Crippen molar-refractivity contribution < 1.29 is 23.9 Å². The fraction of sp³-hybridized carbons (Fsp3) is 0.115. The van der Waals surface area contributed by atoms with E-state index in [1.165, 1.54) is 20.1 Å². The molecule has 2 N–H and O–H groups in total. The van der Waals surface area contributed by atoms with Crippen molar-refractivity contribution >= 4 is 29.2 Å². The number of nitrogens with one attached hydrogen (secondary N) is 2. The van der Waals surface area contributed by atoms with E-state index in [1.54, 1.807) is 48.5 Å². The fourth-order valence-corrected chi connectivity index (χ4v) is 2.85. The van der Waals surface area contributed by atoms with E-state index >= 15 is 0 Å². The highest BCUT2D eigenvalue weighted by molar-refractivity contribution is 6.10. The van der Waals surface area contributed by atoms with E-state index in [2.05, 4.69) is 15.4 Å². The summed E-state index contributed by atoms with van der Waals surface area (Å²) < 4.78 is 10.4. The predicted molar refractivity (Wildman–Crippen MR) is 126 cm³/mol.